The summed E-state index contributed by atoms with van der Waals surface area (Å²) in [5, 5.41) is 6.22. The van der Waals surface area contributed by atoms with Crippen LogP contribution in [0.3, 0.4) is 0 Å². The first kappa shape index (κ1) is 14.8. The molecule has 2 heterocycles. The maximum Gasteiger partial charge on any atom is 0.408 e. The summed E-state index contributed by atoms with van der Waals surface area (Å²) >= 11 is 0. The van der Waals surface area contributed by atoms with Gasteiger partial charge in [-0.3, -0.25) is 4.79 Å². The molecule has 118 valence electrons. The molecular formula is C14H15F3N4O. The quantitative estimate of drug-likeness (QED) is 0.947. The van der Waals surface area contributed by atoms with E-state index in [1.807, 2.05) is 13.0 Å². The topological polar surface area (TPSA) is 59.3 Å². The Kier molecular flexibility index (Phi) is 3.34. The molecule has 1 atom stereocenters. The van der Waals surface area contributed by atoms with Gasteiger partial charge in [0, 0.05) is 0 Å². The standard InChI is InChI=1S/C14H15F3N4O/c1-7-5-8(2)20-21-10(7)6-18-12(21)13(22)19-11(9-3-4-9)14(15,16)17/h5-6,9,11H,3-4H2,1-2H3,(H,19,22). The molecule has 0 saturated heterocycles. The highest BCUT2D eigenvalue weighted by Gasteiger charge is 2.50. The SMILES string of the molecule is Cc1cc(C)c2cnc(C(=O)NC(C3CC3)C(F)(F)F)n2n1. The molecule has 2 aromatic rings. The minimum atomic E-state index is -4.46. The molecule has 3 rings (SSSR count). The van der Waals surface area contributed by atoms with Crippen molar-refractivity contribution in [3.8, 4) is 0 Å². The van der Waals surface area contributed by atoms with E-state index < -0.39 is 24.0 Å². The van der Waals surface area contributed by atoms with Gasteiger partial charge in [-0.1, -0.05) is 0 Å². The second-order valence-electron chi connectivity index (χ2n) is 5.68. The summed E-state index contributed by atoms with van der Waals surface area (Å²) in [7, 11) is 0. The van der Waals surface area contributed by atoms with Gasteiger partial charge in [-0.2, -0.15) is 18.3 Å². The summed E-state index contributed by atoms with van der Waals surface area (Å²) in [6.45, 7) is 3.58. The van der Waals surface area contributed by atoms with Gasteiger partial charge >= 0.3 is 6.18 Å². The molecule has 0 aliphatic heterocycles. The van der Waals surface area contributed by atoms with Gasteiger partial charge in [0.25, 0.3) is 5.91 Å². The Morgan fingerprint density at radius 2 is 2.09 bits per heavy atom. The zero-order chi connectivity index (χ0) is 16.1. The molecule has 2 aromatic heterocycles. The molecule has 1 aliphatic carbocycles. The van der Waals surface area contributed by atoms with Crippen LogP contribution in [0.5, 0.6) is 0 Å². The van der Waals surface area contributed by atoms with Crippen molar-refractivity contribution in [3.63, 3.8) is 0 Å². The minimum Gasteiger partial charge on any atom is -0.337 e. The molecule has 1 N–H and O–H groups in total. The summed E-state index contributed by atoms with van der Waals surface area (Å²) < 4.78 is 40.3. The number of aromatic nitrogens is 3. The molecular weight excluding hydrogens is 297 g/mol. The summed E-state index contributed by atoms with van der Waals surface area (Å²) in [4.78, 5) is 16.1. The zero-order valence-corrected chi connectivity index (χ0v) is 12.1. The first-order valence-corrected chi connectivity index (χ1v) is 6.97. The summed E-state index contributed by atoms with van der Waals surface area (Å²) in [6.07, 6.45) is -2.06. The van der Waals surface area contributed by atoms with Crippen LogP contribution in [0.2, 0.25) is 0 Å². The number of carbonyl (C=O) groups is 1. The van der Waals surface area contributed by atoms with Gasteiger partial charge in [-0.25, -0.2) is 9.50 Å². The highest BCUT2D eigenvalue weighted by Crippen LogP contribution is 2.40. The maximum absolute atomic E-state index is 13.0. The number of fused-ring (bicyclic) bond motifs is 1. The molecule has 1 unspecified atom stereocenters. The number of hydrogen-bond donors (Lipinski definition) is 1. The van der Waals surface area contributed by atoms with Gasteiger partial charge < -0.3 is 5.32 Å². The van der Waals surface area contributed by atoms with Crippen LogP contribution in [0.1, 0.15) is 34.7 Å². The van der Waals surface area contributed by atoms with Crippen molar-refractivity contribution in [1.82, 2.24) is 19.9 Å². The minimum absolute atomic E-state index is 0.128. The van der Waals surface area contributed by atoms with Gasteiger partial charge in [0.15, 0.2) is 0 Å². The predicted molar refractivity (Wildman–Crippen MR) is 72.5 cm³/mol. The highest BCUT2D eigenvalue weighted by atomic mass is 19.4. The molecule has 0 radical (unpaired) electrons. The van der Waals surface area contributed by atoms with Crippen LogP contribution in [-0.4, -0.2) is 32.7 Å². The lowest BCUT2D eigenvalue weighted by molar-refractivity contribution is -0.158. The average molecular weight is 312 g/mol. The third-order valence-electron chi connectivity index (χ3n) is 3.76. The number of aryl methyl sites for hydroxylation is 2. The lowest BCUT2D eigenvalue weighted by Gasteiger charge is -2.20. The van der Waals surface area contributed by atoms with Crippen molar-refractivity contribution in [3.05, 3.63) is 29.3 Å². The van der Waals surface area contributed by atoms with Crippen LogP contribution in [0.15, 0.2) is 12.3 Å². The van der Waals surface area contributed by atoms with E-state index in [1.54, 1.807) is 6.92 Å². The van der Waals surface area contributed by atoms with E-state index in [0.29, 0.717) is 24.1 Å². The normalized spacial score (nSPS) is 16.8. The Balaban J connectivity index is 1.92. The Bertz CT molecular complexity index is 733. The van der Waals surface area contributed by atoms with Crippen molar-refractivity contribution < 1.29 is 18.0 Å². The second kappa shape index (κ2) is 4.96. The number of imidazole rings is 1. The van der Waals surface area contributed by atoms with Crippen molar-refractivity contribution in [1.29, 1.82) is 0 Å². The van der Waals surface area contributed by atoms with E-state index in [4.69, 9.17) is 0 Å². The smallest absolute Gasteiger partial charge is 0.337 e. The molecule has 1 amide bonds. The van der Waals surface area contributed by atoms with Gasteiger partial charge in [0.1, 0.15) is 6.04 Å². The Morgan fingerprint density at radius 1 is 1.41 bits per heavy atom. The molecule has 5 nitrogen and oxygen atoms in total. The number of alkyl halides is 3. The molecule has 1 fully saturated rings. The Labute approximate surface area is 124 Å². The number of amides is 1. The van der Waals surface area contributed by atoms with Crippen molar-refractivity contribution >= 4 is 11.4 Å². The van der Waals surface area contributed by atoms with Gasteiger partial charge in [0.2, 0.25) is 5.82 Å². The van der Waals surface area contributed by atoms with Crippen LogP contribution >= 0.6 is 0 Å². The third-order valence-corrected chi connectivity index (χ3v) is 3.76. The molecule has 1 aliphatic rings. The number of nitrogens with one attached hydrogen (secondary N) is 1. The molecule has 22 heavy (non-hydrogen) atoms. The van der Waals surface area contributed by atoms with E-state index in [0.717, 1.165) is 5.56 Å². The fourth-order valence-corrected chi connectivity index (χ4v) is 2.55. The number of rotatable bonds is 3. The second-order valence-corrected chi connectivity index (χ2v) is 5.68. The van der Waals surface area contributed by atoms with Crippen molar-refractivity contribution in [2.75, 3.05) is 0 Å². The molecule has 0 aromatic carbocycles. The number of halogens is 3. The Hall–Kier alpha value is -2.12. The summed E-state index contributed by atoms with van der Waals surface area (Å²) in [6, 6.07) is -0.000212. The summed E-state index contributed by atoms with van der Waals surface area (Å²) in [5.41, 5.74) is 2.12. The number of hydrogen-bond acceptors (Lipinski definition) is 3. The molecule has 0 bridgehead atoms. The highest BCUT2D eigenvalue weighted by molar-refractivity contribution is 5.92. The van der Waals surface area contributed by atoms with Gasteiger partial charge in [-0.15, -0.1) is 0 Å². The number of nitrogens with zero attached hydrogens (tertiary/aromatic N) is 3. The van der Waals surface area contributed by atoms with E-state index in [1.165, 1.54) is 10.7 Å². The van der Waals surface area contributed by atoms with E-state index >= 15 is 0 Å². The van der Waals surface area contributed by atoms with Crippen LogP contribution in [0.4, 0.5) is 13.2 Å². The van der Waals surface area contributed by atoms with Gasteiger partial charge in [0.05, 0.1) is 17.4 Å². The van der Waals surface area contributed by atoms with Crippen LogP contribution in [-0.2, 0) is 0 Å². The monoisotopic (exact) mass is 312 g/mol. The van der Waals surface area contributed by atoms with Crippen molar-refractivity contribution in [2.45, 2.75) is 38.9 Å². The van der Waals surface area contributed by atoms with Crippen LogP contribution in [0, 0.1) is 19.8 Å². The molecule has 8 heteroatoms. The number of carbonyl (C=O) groups excluding carboxylic acids is 1. The van der Waals surface area contributed by atoms with Gasteiger partial charge in [-0.05, 0) is 44.2 Å². The predicted octanol–water partition coefficient (Wildman–Crippen LogP) is 2.42. The Morgan fingerprint density at radius 3 is 2.68 bits per heavy atom. The lowest BCUT2D eigenvalue weighted by atomic mass is 10.2. The fraction of sp³-hybridized carbons (Fsp3) is 0.500. The van der Waals surface area contributed by atoms with Crippen LogP contribution < -0.4 is 5.32 Å². The maximum atomic E-state index is 13.0. The van der Waals surface area contributed by atoms with Crippen LogP contribution in [0.25, 0.3) is 5.52 Å². The average Bonchev–Trinajstić information content (AvgIpc) is 3.13. The lowest BCUT2D eigenvalue weighted by Crippen LogP contribution is -2.47. The van der Waals surface area contributed by atoms with E-state index in [9.17, 15) is 18.0 Å². The third kappa shape index (κ3) is 2.65. The summed E-state index contributed by atoms with van der Waals surface area (Å²) in [5.74, 6) is -1.52. The van der Waals surface area contributed by atoms with E-state index in [2.05, 4.69) is 15.4 Å². The van der Waals surface area contributed by atoms with Crippen molar-refractivity contribution in [2.24, 2.45) is 5.92 Å². The molecule has 0 spiro atoms. The fourth-order valence-electron chi connectivity index (χ4n) is 2.55. The van der Waals surface area contributed by atoms with E-state index in [-0.39, 0.29) is 5.82 Å². The molecule has 1 saturated carbocycles. The first-order chi connectivity index (χ1) is 10.3. The first-order valence-electron chi connectivity index (χ1n) is 6.97. The zero-order valence-electron chi connectivity index (χ0n) is 12.1. The largest absolute Gasteiger partial charge is 0.408 e.